The van der Waals surface area contributed by atoms with Crippen molar-refractivity contribution in [3.63, 3.8) is 0 Å². The molecule has 0 unspecified atom stereocenters. The second-order valence-electron chi connectivity index (χ2n) is 5.05. The van der Waals surface area contributed by atoms with E-state index in [1.165, 1.54) is 24.2 Å². The molecule has 0 atom stereocenters. The Morgan fingerprint density at radius 3 is 2.88 bits per heavy atom. The first-order chi connectivity index (χ1) is 11.6. The van der Waals surface area contributed by atoms with Crippen LogP contribution in [0.2, 0.25) is 0 Å². The van der Waals surface area contributed by atoms with E-state index >= 15 is 0 Å². The minimum atomic E-state index is -0.563. The zero-order chi connectivity index (χ0) is 17.1. The standard InChI is InChI=1S/C16H15N5O3/c1-24-16(23)19-8-12-6-10(4-5-18-12)15(22)21-9-20-13-7-11(17)2-3-14(13)21/h2-7,9H,8,17H2,1H3,(H,19,23). The lowest BCUT2D eigenvalue weighted by atomic mass is 10.2. The van der Waals surface area contributed by atoms with Crippen molar-refractivity contribution >= 4 is 28.7 Å². The van der Waals surface area contributed by atoms with Crippen LogP contribution >= 0.6 is 0 Å². The van der Waals surface area contributed by atoms with Crippen molar-refractivity contribution in [2.45, 2.75) is 6.54 Å². The first-order valence-corrected chi connectivity index (χ1v) is 7.12. The summed E-state index contributed by atoms with van der Waals surface area (Å²) in [6.07, 6.45) is 2.41. The summed E-state index contributed by atoms with van der Waals surface area (Å²) < 4.78 is 5.95. The Morgan fingerprint density at radius 1 is 1.25 bits per heavy atom. The summed E-state index contributed by atoms with van der Waals surface area (Å²) in [4.78, 5) is 32.1. The van der Waals surface area contributed by atoms with Crippen molar-refractivity contribution in [3.8, 4) is 0 Å². The fourth-order valence-corrected chi connectivity index (χ4v) is 2.27. The average molecular weight is 325 g/mol. The van der Waals surface area contributed by atoms with E-state index in [1.807, 2.05) is 0 Å². The topological polar surface area (TPSA) is 112 Å². The van der Waals surface area contributed by atoms with Crippen LogP contribution in [0.25, 0.3) is 11.0 Å². The molecule has 8 heteroatoms. The van der Waals surface area contributed by atoms with E-state index in [4.69, 9.17) is 5.73 Å². The number of nitrogens with zero attached hydrogens (tertiary/aromatic N) is 3. The number of aromatic nitrogens is 3. The first kappa shape index (κ1) is 15.5. The SMILES string of the molecule is COC(=O)NCc1cc(C(=O)n2cnc3cc(N)ccc32)ccn1. The molecule has 0 aliphatic carbocycles. The monoisotopic (exact) mass is 325 g/mol. The minimum Gasteiger partial charge on any atom is -0.453 e. The van der Waals surface area contributed by atoms with E-state index in [2.05, 4.69) is 20.0 Å². The first-order valence-electron chi connectivity index (χ1n) is 7.12. The number of ether oxygens (including phenoxy) is 1. The van der Waals surface area contributed by atoms with Crippen molar-refractivity contribution in [2.24, 2.45) is 0 Å². The predicted molar refractivity (Wildman–Crippen MR) is 87.4 cm³/mol. The number of carbonyl (C=O) groups is 2. The van der Waals surface area contributed by atoms with Gasteiger partial charge in [-0.1, -0.05) is 0 Å². The van der Waals surface area contributed by atoms with Crippen molar-refractivity contribution in [3.05, 3.63) is 54.1 Å². The molecule has 0 saturated carbocycles. The lowest BCUT2D eigenvalue weighted by Gasteiger charge is -2.06. The Morgan fingerprint density at radius 2 is 2.08 bits per heavy atom. The van der Waals surface area contributed by atoms with Crippen LogP contribution in [-0.4, -0.2) is 33.6 Å². The fourth-order valence-electron chi connectivity index (χ4n) is 2.27. The molecule has 0 radical (unpaired) electrons. The maximum Gasteiger partial charge on any atom is 0.407 e. The molecular formula is C16H15N5O3. The molecule has 0 bridgehead atoms. The third-order valence-electron chi connectivity index (χ3n) is 3.45. The van der Waals surface area contributed by atoms with Crippen LogP contribution in [-0.2, 0) is 11.3 Å². The van der Waals surface area contributed by atoms with Gasteiger partial charge in [0, 0.05) is 17.4 Å². The highest BCUT2D eigenvalue weighted by Crippen LogP contribution is 2.17. The van der Waals surface area contributed by atoms with Crippen LogP contribution in [0.4, 0.5) is 10.5 Å². The van der Waals surface area contributed by atoms with Gasteiger partial charge in [0.05, 0.1) is 30.4 Å². The van der Waals surface area contributed by atoms with Crippen LogP contribution in [0.3, 0.4) is 0 Å². The van der Waals surface area contributed by atoms with Crippen LogP contribution in [0.5, 0.6) is 0 Å². The van der Waals surface area contributed by atoms with Gasteiger partial charge in [-0.15, -0.1) is 0 Å². The Labute approximate surface area is 137 Å². The number of nitrogens with two attached hydrogens (primary N) is 1. The maximum absolute atomic E-state index is 12.7. The van der Waals surface area contributed by atoms with Gasteiger partial charge in [-0.05, 0) is 30.3 Å². The van der Waals surface area contributed by atoms with Gasteiger partial charge in [-0.3, -0.25) is 14.3 Å². The maximum atomic E-state index is 12.7. The van der Waals surface area contributed by atoms with Crippen LogP contribution in [0.15, 0.2) is 42.9 Å². The van der Waals surface area contributed by atoms with Crippen LogP contribution in [0.1, 0.15) is 16.1 Å². The summed E-state index contributed by atoms with van der Waals surface area (Å²) in [6, 6.07) is 8.38. The summed E-state index contributed by atoms with van der Waals surface area (Å²) >= 11 is 0. The number of hydrogen-bond donors (Lipinski definition) is 2. The molecule has 8 nitrogen and oxygen atoms in total. The average Bonchev–Trinajstić information content (AvgIpc) is 3.02. The molecule has 24 heavy (non-hydrogen) atoms. The minimum absolute atomic E-state index is 0.162. The Balaban J connectivity index is 1.87. The van der Waals surface area contributed by atoms with Gasteiger partial charge >= 0.3 is 6.09 Å². The summed E-state index contributed by atoms with van der Waals surface area (Å²) in [5, 5.41) is 2.52. The Hall–Kier alpha value is -3.42. The highest BCUT2D eigenvalue weighted by atomic mass is 16.5. The summed E-state index contributed by atoms with van der Waals surface area (Å²) in [5.41, 5.74) is 8.59. The highest BCUT2D eigenvalue weighted by Gasteiger charge is 2.13. The largest absolute Gasteiger partial charge is 0.453 e. The number of pyridine rings is 1. The lowest BCUT2D eigenvalue weighted by Crippen LogP contribution is -2.23. The quantitative estimate of drug-likeness (QED) is 0.707. The van der Waals surface area contributed by atoms with Crippen molar-refractivity contribution in [1.82, 2.24) is 19.9 Å². The molecule has 2 heterocycles. The van der Waals surface area contributed by atoms with E-state index in [1.54, 1.807) is 30.3 Å². The van der Waals surface area contributed by atoms with E-state index in [0.717, 1.165) is 0 Å². The molecule has 0 aliphatic rings. The molecule has 3 rings (SSSR count). The molecule has 0 spiro atoms. The number of fused-ring (bicyclic) bond motifs is 1. The van der Waals surface area contributed by atoms with Gasteiger partial charge in [0.15, 0.2) is 0 Å². The number of nitrogens with one attached hydrogen (secondary N) is 1. The van der Waals surface area contributed by atoms with E-state index < -0.39 is 6.09 Å². The zero-order valence-electron chi connectivity index (χ0n) is 12.9. The number of imidazole rings is 1. The number of hydrogen-bond acceptors (Lipinski definition) is 6. The smallest absolute Gasteiger partial charge is 0.407 e. The third-order valence-corrected chi connectivity index (χ3v) is 3.45. The molecular weight excluding hydrogens is 310 g/mol. The molecule has 0 fully saturated rings. The second-order valence-corrected chi connectivity index (χ2v) is 5.05. The van der Waals surface area contributed by atoms with Gasteiger partial charge in [-0.25, -0.2) is 9.78 Å². The number of amides is 1. The number of anilines is 1. The van der Waals surface area contributed by atoms with Gasteiger partial charge in [-0.2, -0.15) is 0 Å². The molecule has 1 aromatic carbocycles. The number of rotatable bonds is 3. The molecule has 122 valence electrons. The Kier molecular flexibility index (Phi) is 4.11. The molecule has 3 N–H and O–H groups in total. The van der Waals surface area contributed by atoms with Crippen molar-refractivity contribution in [1.29, 1.82) is 0 Å². The van der Waals surface area contributed by atoms with Gasteiger partial charge in [0.25, 0.3) is 5.91 Å². The lowest BCUT2D eigenvalue weighted by molar-refractivity contribution is 0.0964. The molecule has 3 aromatic rings. The number of alkyl carbamates (subject to hydrolysis) is 1. The van der Waals surface area contributed by atoms with Crippen molar-refractivity contribution in [2.75, 3.05) is 12.8 Å². The van der Waals surface area contributed by atoms with Crippen molar-refractivity contribution < 1.29 is 14.3 Å². The fraction of sp³-hybridized carbons (Fsp3) is 0.125. The number of nitrogen functional groups attached to an aromatic ring is 1. The molecule has 0 aliphatic heterocycles. The van der Waals surface area contributed by atoms with Gasteiger partial charge in [0.2, 0.25) is 0 Å². The molecule has 1 amide bonds. The van der Waals surface area contributed by atoms with E-state index in [-0.39, 0.29) is 12.5 Å². The predicted octanol–water partition coefficient (Wildman–Crippen LogP) is 1.56. The summed E-state index contributed by atoms with van der Waals surface area (Å²) in [5.74, 6) is -0.246. The Bertz CT molecular complexity index is 919. The van der Waals surface area contributed by atoms with E-state index in [0.29, 0.717) is 28.0 Å². The van der Waals surface area contributed by atoms with Gasteiger partial charge < -0.3 is 15.8 Å². The van der Waals surface area contributed by atoms with E-state index in [9.17, 15) is 9.59 Å². The van der Waals surface area contributed by atoms with Crippen LogP contribution < -0.4 is 11.1 Å². The molecule has 2 aromatic heterocycles. The zero-order valence-corrected chi connectivity index (χ0v) is 12.9. The third kappa shape index (κ3) is 3.02. The van der Waals surface area contributed by atoms with Crippen LogP contribution in [0, 0.1) is 0 Å². The highest BCUT2D eigenvalue weighted by molar-refractivity contribution is 6.01. The summed E-state index contributed by atoms with van der Waals surface area (Å²) in [7, 11) is 1.28. The normalized spacial score (nSPS) is 10.5. The van der Waals surface area contributed by atoms with Gasteiger partial charge in [0.1, 0.15) is 6.33 Å². The number of carbonyl (C=O) groups excluding carboxylic acids is 2. The number of benzene rings is 1. The second kappa shape index (κ2) is 6.37. The summed E-state index contributed by atoms with van der Waals surface area (Å²) in [6.45, 7) is 0.162. The number of methoxy groups -OCH3 is 1. The molecule has 0 saturated heterocycles.